The lowest BCUT2D eigenvalue weighted by molar-refractivity contribution is 0.323. The zero-order valence-corrected chi connectivity index (χ0v) is 10.6. The van der Waals surface area contributed by atoms with Crippen LogP contribution in [-0.2, 0) is 0 Å². The second-order valence-electron chi connectivity index (χ2n) is 2.72. The normalized spacial score (nSPS) is 11.5. The van der Waals surface area contributed by atoms with Gasteiger partial charge in [-0.05, 0) is 18.6 Å². The van der Waals surface area contributed by atoms with Gasteiger partial charge < -0.3 is 10.1 Å². The molecule has 2 heteroatoms. The van der Waals surface area contributed by atoms with Gasteiger partial charge in [-0.15, -0.1) is 0 Å². The van der Waals surface area contributed by atoms with E-state index in [2.05, 4.69) is 18.3 Å². The number of anilines is 1. The van der Waals surface area contributed by atoms with Gasteiger partial charge in [0.25, 0.3) is 0 Å². The first-order valence-corrected chi connectivity index (χ1v) is 5.84. The number of para-hydroxylation sites is 1. The van der Waals surface area contributed by atoms with Crippen LogP contribution in [0.15, 0.2) is 18.2 Å². The minimum absolute atomic E-state index is 0.774. The van der Waals surface area contributed by atoms with Crippen molar-refractivity contribution in [3.63, 3.8) is 0 Å². The average Bonchev–Trinajstić information content (AvgIpc) is 2.35. The lowest BCUT2D eigenvalue weighted by Gasteiger charge is -2.20. The predicted octanol–water partition coefficient (Wildman–Crippen LogP) is 3.85. The van der Waals surface area contributed by atoms with E-state index in [1.54, 1.807) is 0 Å². The predicted molar refractivity (Wildman–Crippen MR) is 67.9 cm³/mol. The lowest BCUT2D eigenvalue weighted by Crippen LogP contribution is -2.18. The number of aryl methyl sites for hydroxylation is 1. The zero-order chi connectivity index (χ0) is 11.7. The lowest BCUT2D eigenvalue weighted by atomic mass is 10.1. The quantitative estimate of drug-likeness (QED) is 0.700. The fraction of sp³-hybridized carbons (Fsp3) is 0.538. The van der Waals surface area contributed by atoms with E-state index in [4.69, 9.17) is 4.74 Å². The van der Waals surface area contributed by atoms with Crippen molar-refractivity contribution in [3.8, 4) is 5.75 Å². The van der Waals surface area contributed by atoms with E-state index >= 15 is 0 Å². The molecule has 0 spiro atoms. The van der Waals surface area contributed by atoms with E-state index in [0.29, 0.717) is 0 Å². The van der Waals surface area contributed by atoms with Crippen LogP contribution in [-0.4, -0.2) is 13.2 Å². The van der Waals surface area contributed by atoms with E-state index in [0.717, 1.165) is 24.6 Å². The Labute approximate surface area is 93.7 Å². The first kappa shape index (κ1) is 13.8. The number of hydrogen-bond donors (Lipinski definition) is 1. The standard InChI is InChI=1S/C9H11NO.2C2H6/c1-7-3-2-4-8-9(7)10-5-6-11-8;2*1-2/h2-4,10H,5-6H2,1H3;2*1-2H3. The van der Waals surface area contributed by atoms with Crippen molar-refractivity contribution in [1.82, 2.24) is 0 Å². The first-order valence-electron chi connectivity index (χ1n) is 5.84. The highest BCUT2D eigenvalue weighted by molar-refractivity contribution is 5.62. The maximum atomic E-state index is 5.44. The van der Waals surface area contributed by atoms with Gasteiger partial charge in [0.15, 0.2) is 0 Å². The number of nitrogens with one attached hydrogen (secondary N) is 1. The fourth-order valence-electron chi connectivity index (χ4n) is 1.32. The summed E-state index contributed by atoms with van der Waals surface area (Å²) in [5.74, 6) is 0.983. The molecule has 0 saturated carbocycles. The molecule has 0 saturated heterocycles. The molecule has 86 valence electrons. The highest BCUT2D eigenvalue weighted by Crippen LogP contribution is 2.29. The monoisotopic (exact) mass is 209 g/mol. The highest BCUT2D eigenvalue weighted by Gasteiger charge is 2.09. The Morgan fingerprint density at radius 2 is 1.80 bits per heavy atom. The topological polar surface area (TPSA) is 21.3 Å². The molecule has 15 heavy (non-hydrogen) atoms. The van der Waals surface area contributed by atoms with E-state index in [1.807, 2.05) is 39.8 Å². The molecular formula is C13H23NO. The molecule has 1 aromatic carbocycles. The molecule has 0 fully saturated rings. The summed E-state index contributed by atoms with van der Waals surface area (Å²) < 4.78 is 5.44. The van der Waals surface area contributed by atoms with Crippen molar-refractivity contribution >= 4 is 5.69 Å². The summed E-state index contributed by atoms with van der Waals surface area (Å²) in [6.07, 6.45) is 0. The van der Waals surface area contributed by atoms with Crippen molar-refractivity contribution in [2.75, 3.05) is 18.5 Å². The molecule has 1 aromatic rings. The summed E-state index contributed by atoms with van der Waals surface area (Å²) in [4.78, 5) is 0. The van der Waals surface area contributed by atoms with Crippen LogP contribution in [0, 0.1) is 6.92 Å². The van der Waals surface area contributed by atoms with Gasteiger partial charge in [-0.3, -0.25) is 0 Å². The van der Waals surface area contributed by atoms with Crippen molar-refractivity contribution in [3.05, 3.63) is 23.8 Å². The molecule has 0 bridgehead atoms. The number of rotatable bonds is 0. The van der Waals surface area contributed by atoms with Gasteiger partial charge in [0.05, 0.1) is 5.69 Å². The Balaban J connectivity index is 0.000000442. The van der Waals surface area contributed by atoms with E-state index < -0.39 is 0 Å². The highest BCUT2D eigenvalue weighted by atomic mass is 16.5. The second-order valence-corrected chi connectivity index (χ2v) is 2.72. The fourth-order valence-corrected chi connectivity index (χ4v) is 1.32. The van der Waals surface area contributed by atoms with Crippen molar-refractivity contribution in [2.45, 2.75) is 34.6 Å². The van der Waals surface area contributed by atoms with Gasteiger partial charge in [0.1, 0.15) is 12.4 Å². The molecule has 0 amide bonds. The molecule has 0 aromatic heterocycles. The molecule has 2 rings (SSSR count). The van der Waals surface area contributed by atoms with Crippen molar-refractivity contribution in [1.29, 1.82) is 0 Å². The third-order valence-electron chi connectivity index (χ3n) is 1.90. The number of benzene rings is 1. The Bertz CT molecular complexity index is 271. The third kappa shape index (κ3) is 3.82. The van der Waals surface area contributed by atoms with Gasteiger partial charge in [-0.25, -0.2) is 0 Å². The zero-order valence-electron chi connectivity index (χ0n) is 10.6. The molecule has 0 radical (unpaired) electrons. The summed E-state index contributed by atoms with van der Waals surface area (Å²) in [5, 5.41) is 3.31. The van der Waals surface area contributed by atoms with Gasteiger partial charge in [-0.1, -0.05) is 39.8 Å². The molecular weight excluding hydrogens is 186 g/mol. The SMILES string of the molecule is CC.CC.Cc1cccc2c1NCCO2. The van der Waals surface area contributed by atoms with Crippen LogP contribution in [0.3, 0.4) is 0 Å². The molecule has 0 unspecified atom stereocenters. The van der Waals surface area contributed by atoms with E-state index in [9.17, 15) is 0 Å². The van der Waals surface area contributed by atoms with Crippen LogP contribution < -0.4 is 10.1 Å². The van der Waals surface area contributed by atoms with Gasteiger partial charge >= 0.3 is 0 Å². The molecule has 1 aliphatic heterocycles. The van der Waals surface area contributed by atoms with Crippen LogP contribution in [0.25, 0.3) is 0 Å². The third-order valence-corrected chi connectivity index (χ3v) is 1.90. The van der Waals surface area contributed by atoms with Crippen molar-refractivity contribution in [2.24, 2.45) is 0 Å². The molecule has 2 nitrogen and oxygen atoms in total. The average molecular weight is 209 g/mol. The minimum atomic E-state index is 0.774. The second kappa shape index (κ2) is 8.16. The van der Waals surface area contributed by atoms with E-state index in [-0.39, 0.29) is 0 Å². The van der Waals surface area contributed by atoms with Crippen LogP contribution in [0.4, 0.5) is 5.69 Å². The molecule has 1 aliphatic rings. The van der Waals surface area contributed by atoms with Gasteiger partial charge in [0.2, 0.25) is 0 Å². The van der Waals surface area contributed by atoms with Crippen LogP contribution >= 0.6 is 0 Å². The Kier molecular flexibility index (Phi) is 7.51. The minimum Gasteiger partial charge on any atom is -0.490 e. The van der Waals surface area contributed by atoms with Crippen LogP contribution in [0.2, 0.25) is 0 Å². The van der Waals surface area contributed by atoms with Crippen LogP contribution in [0.1, 0.15) is 33.3 Å². The Hall–Kier alpha value is -1.18. The van der Waals surface area contributed by atoms with Gasteiger partial charge in [0, 0.05) is 6.54 Å². The summed E-state index contributed by atoms with van der Waals surface area (Å²) >= 11 is 0. The van der Waals surface area contributed by atoms with Gasteiger partial charge in [-0.2, -0.15) is 0 Å². The van der Waals surface area contributed by atoms with E-state index in [1.165, 1.54) is 5.56 Å². The number of ether oxygens (including phenoxy) is 1. The first-order chi connectivity index (χ1) is 7.38. The molecule has 1 heterocycles. The summed E-state index contributed by atoms with van der Waals surface area (Å²) in [6, 6.07) is 6.09. The maximum absolute atomic E-state index is 5.44. The molecule has 1 N–H and O–H groups in total. The maximum Gasteiger partial charge on any atom is 0.142 e. The van der Waals surface area contributed by atoms with Crippen LogP contribution in [0.5, 0.6) is 5.75 Å². The number of hydrogen-bond acceptors (Lipinski definition) is 2. The summed E-state index contributed by atoms with van der Waals surface area (Å²) in [7, 11) is 0. The molecule has 0 atom stereocenters. The molecule has 0 aliphatic carbocycles. The smallest absolute Gasteiger partial charge is 0.142 e. The number of fused-ring (bicyclic) bond motifs is 1. The Morgan fingerprint density at radius 3 is 2.40 bits per heavy atom. The summed E-state index contributed by atoms with van der Waals surface area (Å²) in [5.41, 5.74) is 2.40. The largest absolute Gasteiger partial charge is 0.490 e. The Morgan fingerprint density at radius 1 is 1.13 bits per heavy atom. The summed E-state index contributed by atoms with van der Waals surface area (Å²) in [6.45, 7) is 11.8. The van der Waals surface area contributed by atoms with Crippen molar-refractivity contribution < 1.29 is 4.74 Å².